The van der Waals surface area contributed by atoms with Crippen LogP contribution >= 0.6 is 11.8 Å². The summed E-state index contributed by atoms with van der Waals surface area (Å²) in [6.45, 7) is 4.68. The smallest absolute Gasteiger partial charge is 0.0208 e. The number of rotatable bonds is 2. The van der Waals surface area contributed by atoms with Crippen molar-refractivity contribution in [1.82, 2.24) is 5.32 Å². The minimum atomic E-state index is 0.757. The Morgan fingerprint density at radius 1 is 1.20 bits per heavy atom. The molecular weight excluding hydrogens is 262 g/mol. The van der Waals surface area contributed by atoms with Gasteiger partial charge in [0.15, 0.2) is 0 Å². The van der Waals surface area contributed by atoms with Crippen LogP contribution in [0.2, 0.25) is 0 Å². The molecule has 0 saturated heterocycles. The molecule has 3 aliphatic rings. The Morgan fingerprint density at radius 3 is 2.85 bits per heavy atom. The molecule has 1 aromatic rings. The van der Waals surface area contributed by atoms with Crippen LogP contribution in [0.1, 0.15) is 50.2 Å². The van der Waals surface area contributed by atoms with Crippen LogP contribution in [0.15, 0.2) is 23.1 Å². The van der Waals surface area contributed by atoms with Crippen molar-refractivity contribution in [3.05, 3.63) is 29.3 Å². The molecule has 1 heterocycles. The fourth-order valence-corrected chi connectivity index (χ4v) is 5.95. The van der Waals surface area contributed by atoms with Gasteiger partial charge >= 0.3 is 0 Å². The van der Waals surface area contributed by atoms with Gasteiger partial charge in [-0.1, -0.05) is 19.4 Å². The third-order valence-corrected chi connectivity index (χ3v) is 7.25. The molecule has 2 fully saturated rings. The minimum Gasteiger partial charge on any atom is -0.312 e. The molecule has 2 aliphatic carbocycles. The predicted octanol–water partition coefficient (Wildman–Crippen LogP) is 4.39. The van der Waals surface area contributed by atoms with E-state index in [1.54, 1.807) is 5.56 Å². The highest BCUT2D eigenvalue weighted by molar-refractivity contribution is 8.00. The standard InChI is InChI=1S/C18H25NS/c1-13-10-18(6-2-7-18)11-17(13)20-16-4-3-14-5-8-19-12-15(14)9-16/h3-4,9,13,17,19H,2,5-8,10-12H2,1H3. The second-order valence-corrected chi connectivity index (χ2v) is 8.57. The zero-order valence-electron chi connectivity index (χ0n) is 12.5. The van der Waals surface area contributed by atoms with Crippen molar-refractivity contribution in [2.75, 3.05) is 6.54 Å². The fourth-order valence-electron chi connectivity index (χ4n) is 4.47. The van der Waals surface area contributed by atoms with E-state index in [1.807, 2.05) is 0 Å². The van der Waals surface area contributed by atoms with Gasteiger partial charge in [0.1, 0.15) is 0 Å². The predicted molar refractivity (Wildman–Crippen MR) is 86.2 cm³/mol. The van der Waals surface area contributed by atoms with Crippen LogP contribution in [0.5, 0.6) is 0 Å². The Kier molecular flexibility index (Phi) is 3.35. The lowest BCUT2D eigenvalue weighted by Crippen LogP contribution is -2.26. The van der Waals surface area contributed by atoms with Crippen LogP contribution in [-0.2, 0) is 13.0 Å². The molecule has 1 spiro atoms. The molecule has 2 heteroatoms. The van der Waals surface area contributed by atoms with Gasteiger partial charge in [0.25, 0.3) is 0 Å². The Hall–Kier alpha value is -0.470. The van der Waals surface area contributed by atoms with E-state index in [0.717, 1.165) is 29.7 Å². The molecule has 2 unspecified atom stereocenters. The van der Waals surface area contributed by atoms with Crippen molar-refractivity contribution in [2.24, 2.45) is 11.3 Å². The lowest BCUT2D eigenvalue weighted by Gasteiger charge is -2.38. The summed E-state index contributed by atoms with van der Waals surface area (Å²) >= 11 is 2.16. The number of hydrogen-bond acceptors (Lipinski definition) is 2. The van der Waals surface area contributed by atoms with Gasteiger partial charge in [-0.05, 0) is 73.2 Å². The third-order valence-electron chi connectivity index (χ3n) is 5.79. The van der Waals surface area contributed by atoms with Gasteiger partial charge in [-0.15, -0.1) is 11.8 Å². The van der Waals surface area contributed by atoms with E-state index in [0.29, 0.717) is 0 Å². The lowest BCUT2D eigenvalue weighted by molar-refractivity contribution is 0.138. The topological polar surface area (TPSA) is 12.0 Å². The van der Waals surface area contributed by atoms with Crippen molar-refractivity contribution in [3.8, 4) is 0 Å². The number of fused-ring (bicyclic) bond motifs is 1. The summed E-state index contributed by atoms with van der Waals surface area (Å²) in [6.07, 6.45) is 8.63. The quantitative estimate of drug-likeness (QED) is 0.865. The average molecular weight is 287 g/mol. The van der Waals surface area contributed by atoms with Crippen LogP contribution < -0.4 is 5.32 Å². The highest BCUT2D eigenvalue weighted by atomic mass is 32.2. The molecule has 2 saturated carbocycles. The minimum absolute atomic E-state index is 0.757. The number of nitrogens with one attached hydrogen (secondary N) is 1. The molecule has 1 nitrogen and oxygen atoms in total. The average Bonchev–Trinajstić information content (AvgIpc) is 2.76. The molecule has 20 heavy (non-hydrogen) atoms. The second-order valence-electron chi connectivity index (χ2n) is 7.25. The van der Waals surface area contributed by atoms with Gasteiger partial charge in [-0.3, -0.25) is 0 Å². The maximum atomic E-state index is 3.49. The van der Waals surface area contributed by atoms with Gasteiger partial charge in [-0.25, -0.2) is 0 Å². The zero-order chi connectivity index (χ0) is 13.6. The van der Waals surface area contributed by atoms with Gasteiger partial charge in [0.05, 0.1) is 0 Å². The molecule has 1 N–H and O–H groups in total. The maximum absolute atomic E-state index is 3.49. The highest BCUT2D eigenvalue weighted by Gasteiger charge is 2.47. The van der Waals surface area contributed by atoms with Gasteiger partial charge in [0, 0.05) is 16.7 Å². The van der Waals surface area contributed by atoms with Gasteiger partial charge in [-0.2, -0.15) is 0 Å². The van der Waals surface area contributed by atoms with Crippen molar-refractivity contribution in [3.63, 3.8) is 0 Å². The zero-order valence-corrected chi connectivity index (χ0v) is 13.3. The molecule has 2 atom stereocenters. The van der Waals surface area contributed by atoms with Crippen molar-refractivity contribution in [2.45, 2.75) is 62.1 Å². The lowest BCUT2D eigenvalue weighted by atomic mass is 9.67. The first-order valence-corrected chi connectivity index (χ1v) is 9.11. The summed E-state index contributed by atoms with van der Waals surface area (Å²) in [5, 5.41) is 4.34. The number of thioether (sulfide) groups is 1. The van der Waals surface area contributed by atoms with Crippen molar-refractivity contribution >= 4 is 11.8 Å². The number of hydrogen-bond donors (Lipinski definition) is 1. The highest BCUT2D eigenvalue weighted by Crippen LogP contribution is 2.58. The Balaban J connectivity index is 1.48. The van der Waals surface area contributed by atoms with E-state index >= 15 is 0 Å². The van der Waals surface area contributed by atoms with Gasteiger partial charge in [0.2, 0.25) is 0 Å². The largest absolute Gasteiger partial charge is 0.312 e. The summed E-state index contributed by atoms with van der Waals surface area (Å²) in [6, 6.07) is 7.19. The van der Waals surface area contributed by atoms with Crippen LogP contribution in [-0.4, -0.2) is 11.8 Å². The Morgan fingerprint density at radius 2 is 2.10 bits per heavy atom. The molecule has 0 bridgehead atoms. The maximum Gasteiger partial charge on any atom is 0.0208 e. The normalized spacial score (nSPS) is 31.1. The molecule has 1 aromatic carbocycles. The van der Waals surface area contributed by atoms with E-state index in [1.165, 1.54) is 49.0 Å². The van der Waals surface area contributed by atoms with E-state index in [9.17, 15) is 0 Å². The van der Waals surface area contributed by atoms with Crippen molar-refractivity contribution < 1.29 is 0 Å². The molecule has 1 aliphatic heterocycles. The SMILES string of the molecule is CC1CC2(CCC2)CC1Sc1ccc2c(c1)CNCC2. The first-order valence-electron chi connectivity index (χ1n) is 8.23. The summed E-state index contributed by atoms with van der Waals surface area (Å²) in [7, 11) is 0. The number of benzene rings is 1. The van der Waals surface area contributed by atoms with E-state index in [-0.39, 0.29) is 0 Å². The second kappa shape index (κ2) is 5.06. The van der Waals surface area contributed by atoms with Crippen LogP contribution in [0.4, 0.5) is 0 Å². The molecule has 0 amide bonds. The Labute approximate surface area is 126 Å². The fraction of sp³-hybridized carbons (Fsp3) is 0.667. The third kappa shape index (κ3) is 2.31. The van der Waals surface area contributed by atoms with E-state index < -0.39 is 0 Å². The molecule has 108 valence electrons. The summed E-state index contributed by atoms with van der Waals surface area (Å²) in [4.78, 5) is 1.50. The summed E-state index contributed by atoms with van der Waals surface area (Å²) in [5.41, 5.74) is 3.85. The first kappa shape index (κ1) is 13.2. The van der Waals surface area contributed by atoms with Crippen molar-refractivity contribution in [1.29, 1.82) is 0 Å². The van der Waals surface area contributed by atoms with E-state index in [2.05, 4.69) is 42.2 Å². The molecule has 0 aromatic heterocycles. The van der Waals surface area contributed by atoms with Crippen LogP contribution in [0, 0.1) is 11.3 Å². The monoisotopic (exact) mass is 287 g/mol. The van der Waals surface area contributed by atoms with Crippen LogP contribution in [0.3, 0.4) is 0 Å². The molecule has 4 rings (SSSR count). The summed E-state index contributed by atoms with van der Waals surface area (Å²) < 4.78 is 0. The first-order chi connectivity index (χ1) is 9.74. The van der Waals surface area contributed by atoms with Crippen LogP contribution in [0.25, 0.3) is 0 Å². The van der Waals surface area contributed by atoms with Gasteiger partial charge < -0.3 is 5.32 Å². The summed E-state index contributed by atoms with van der Waals surface area (Å²) in [5.74, 6) is 0.898. The van der Waals surface area contributed by atoms with E-state index in [4.69, 9.17) is 0 Å². The molecule has 0 radical (unpaired) electrons. The molecular formula is C18H25NS. The Bertz CT molecular complexity index is 506.